The van der Waals surface area contributed by atoms with Crippen LogP contribution in [0.1, 0.15) is 39.0 Å². The van der Waals surface area contributed by atoms with Crippen LogP contribution < -0.4 is 0 Å². The van der Waals surface area contributed by atoms with E-state index in [1.54, 1.807) is 0 Å². The predicted molar refractivity (Wildman–Crippen MR) is 62.6 cm³/mol. The van der Waals surface area contributed by atoms with E-state index in [1.165, 1.54) is 7.11 Å². The van der Waals surface area contributed by atoms with E-state index in [4.69, 9.17) is 9.47 Å². The minimum atomic E-state index is -0.304. The molecular weight excluding hydrogens is 224 g/mol. The molecule has 0 aliphatic carbocycles. The number of hydrogen-bond acceptors (Lipinski definition) is 5. The lowest BCUT2D eigenvalue weighted by Gasteiger charge is -2.05. The third-order valence-corrected chi connectivity index (χ3v) is 2.15. The normalized spacial score (nSPS) is 10.0. The van der Waals surface area contributed by atoms with Crippen molar-refractivity contribution in [2.75, 3.05) is 26.9 Å². The van der Waals surface area contributed by atoms with Gasteiger partial charge in [0, 0.05) is 6.42 Å². The Morgan fingerprint density at radius 2 is 1.71 bits per heavy atom. The number of carbonyl (C=O) groups excluding carboxylic acids is 2. The molecule has 0 saturated heterocycles. The van der Waals surface area contributed by atoms with Gasteiger partial charge < -0.3 is 14.2 Å². The molecule has 5 nitrogen and oxygen atoms in total. The second kappa shape index (κ2) is 11.4. The van der Waals surface area contributed by atoms with E-state index in [1.807, 2.05) is 0 Å². The Bertz CT molecular complexity index is 215. The van der Waals surface area contributed by atoms with E-state index in [9.17, 15) is 9.59 Å². The van der Waals surface area contributed by atoms with Gasteiger partial charge in [0.05, 0.1) is 26.7 Å². The summed E-state index contributed by atoms with van der Waals surface area (Å²) in [6.45, 7) is 2.93. The molecule has 17 heavy (non-hydrogen) atoms. The molecule has 0 amide bonds. The number of hydrogen-bond donors (Lipinski definition) is 0. The Kier molecular flexibility index (Phi) is 10.7. The Labute approximate surface area is 102 Å². The zero-order valence-electron chi connectivity index (χ0n) is 10.7. The maximum Gasteiger partial charge on any atom is 0.307 e. The highest BCUT2D eigenvalue weighted by Gasteiger charge is 2.02. The van der Waals surface area contributed by atoms with E-state index in [-0.39, 0.29) is 25.0 Å². The number of rotatable bonds is 10. The maximum absolute atomic E-state index is 11.2. The summed E-state index contributed by atoms with van der Waals surface area (Å²) in [5, 5.41) is 0. The monoisotopic (exact) mass is 246 g/mol. The third kappa shape index (κ3) is 11.2. The Morgan fingerprint density at radius 1 is 0.941 bits per heavy atom. The van der Waals surface area contributed by atoms with Gasteiger partial charge in [0.1, 0.15) is 6.61 Å². The van der Waals surface area contributed by atoms with E-state index < -0.39 is 0 Å². The molecule has 0 unspecified atom stereocenters. The highest BCUT2D eigenvalue weighted by Crippen LogP contribution is 2.00. The van der Waals surface area contributed by atoms with Gasteiger partial charge in [-0.2, -0.15) is 0 Å². The average molecular weight is 246 g/mol. The molecule has 0 spiro atoms. The minimum Gasteiger partial charge on any atom is -0.469 e. The maximum atomic E-state index is 11.2. The van der Waals surface area contributed by atoms with Gasteiger partial charge in [-0.05, 0) is 6.42 Å². The van der Waals surface area contributed by atoms with Crippen LogP contribution in [-0.4, -0.2) is 38.9 Å². The lowest BCUT2D eigenvalue weighted by molar-refractivity contribution is -0.147. The topological polar surface area (TPSA) is 61.8 Å². The van der Waals surface area contributed by atoms with Crippen molar-refractivity contribution in [1.29, 1.82) is 0 Å². The molecule has 0 saturated carbocycles. The van der Waals surface area contributed by atoms with Crippen LogP contribution in [-0.2, 0) is 23.8 Å². The molecular formula is C12H22O5. The fourth-order valence-corrected chi connectivity index (χ4v) is 1.17. The van der Waals surface area contributed by atoms with Crippen molar-refractivity contribution >= 4 is 11.9 Å². The minimum absolute atomic E-state index is 0.185. The van der Waals surface area contributed by atoms with Crippen LogP contribution in [0.15, 0.2) is 0 Å². The highest BCUT2D eigenvalue weighted by molar-refractivity contribution is 5.69. The molecule has 0 bridgehead atoms. The second-order valence-electron chi connectivity index (χ2n) is 3.62. The van der Waals surface area contributed by atoms with E-state index in [2.05, 4.69) is 11.7 Å². The Morgan fingerprint density at radius 3 is 2.35 bits per heavy atom. The van der Waals surface area contributed by atoms with Crippen molar-refractivity contribution in [3.63, 3.8) is 0 Å². The zero-order valence-corrected chi connectivity index (χ0v) is 10.7. The first-order chi connectivity index (χ1) is 8.20. The lowest BCUT2D eigenvalue weighted by Crippen LogP contribution is -2.12. The van der Waals surface area contributed by atoms with Crippen molar-refractivity contribution < 1.29 is 23.8 Å². The molecule has 5 heteroatoms. The van der Waals surface area contributed by atoms with Crippen LogP contribution in [0.3, 0.4) is 0 Å². The molecule has 0 aromatic carbocycles. The van der Waals surface area contributed by atoms with Gasteiger partial charge in [0.2, 0.25) is 0 Å². The van der Waals surface area contributed by atoms with Crippen LogP contribution in [0.4, 0.5) is 0 Å². The molecule has 100 valence electrons. The summed E-state index contributed by atoms with van der Waals surface area (Å²) in [4.78, 5) is 21.9. The fraction of sp³-hybridized carbons (Fsp3) is 0.833. The molecule has 0 aromatic heterocycles. The fourth-order valence-electron chi connectivity index (χ4n) is 1.17. The summed E-state index contributed by atoms with van der Waals surface area (Å²) in [5.74, 6) is -0.489. The van der Waals surface area contributed by atoms with Crippen molar-refractivity contribution in [1.82, 2.24) is 0 Å². The summed E-state index contributed by atoms with van der Waals surface area (Å²) < 4.78 is 14.5. The molecule has 0 heterocycles. The molecule has 0 N–H and O–H groups in total. The van der Waals surface area contributed by atoms with Gasteiger partial charge in [-0.25, -0.2) is 0 Å². The van der Waals surface area contributed by atoms with Gasteiger partial charge in [-0.15, -0.1) is 0 Å². The molecule has 0 aliphatic rings. The molecule has 0 aliphatic heterocycles. The number of methoxy groups -OCH3 is 1. The number of carbonyl (C=O) groups is 2. The van der Waals surface area contributed by atoms with E-state index in [0.717, 1.165) is 19.3 Å². The van der Waals surface area contributed by atoms with Gasteiger partial charge in [-0.1, -0.05) is 19.8 Å². The Balaban J connectivity index is 3.22. The van der Waals surface area contributed by atoms with Crippen LogP contribution in [0, 0.1) is 0 Å². The van der Waals surface area contributed by atoms with Crippen LogP contribution in [0.5, 0.6) is 0 Å². The SMILES string of the molecule is CCCCCC(=O)OCCOCCC(=O)OC. The van der Waals surface area contributed by atoms with E-state index in [0.29, 0.717) is 19.6 Å². The summed E-state index contributed by atoms with van der Waals surface area (Å²) in [7, 11) is 1.33. The van der Waals surface area contributed by atoms with Crippen LogP contribution >= 0.6 is 0 Å². The van der Waals surface area contributed by atoms with Crippen molar-refractivity contribution in [3.05, 3.63) is 0 Å². The quantitative estimate of drug-likeness (QED) is 0.433. The first-order valence-corrected chi connectivity index (χ1v) is 6.00. The zero-order chi connectivity index (χ0) is 12.9. The molecule has 0 atom stereocenters. The van der Waals surface area contributed by atoms with Gasteiger partial charge in [-0.3, -0.25) is 9.59 Å². The predicted octanol–water partition coefficient (Wildman–Crippen LogP) is 1.69. The van der Waals surface area contributed by atoms with Gasteiger partial charge in [0.25, 0.3) is 0 Å². The number of unbranched alkanes of at least 4 members (excludes halogenated alkanes) is 2. The Hall–Kier alpha value is -1.10. The van der Waals surface area contributed by atoms with Crippen molar-refractivity contribution in [3.8, 4) is 0 Å². The smallest absolute Gasteiger partial charge is 0.307 e. The van der Waals surface area contributed by atoms with E-state index >= 15 is 0 Å². The number of ether oxygens (including phenoxy) is 3. The van der Waals surface area contributed by atoms with Crippen molar-refractivity contribution in [2.45, 2.75) is 39.0 Å². The van der Waals surface area contributed by atoms with Crippen LogP contribution in [0.2, 0.25) is 0 Å². The number of esters is 2. The molecule has 0 aromatic rings. The second-order valence-corrected chi connectivity index (χ2v) is 3.62. The van der Waals surface area contributed by atoms with Gasteiger partial charge in [0.15, 0.2) is 0 Å². The first kappa shape index (κ1) is 15.9. The summed E-state index contributed by atoms with van der Waals surface area (Å²) in [6.07, 6.45) is 3.70. The highest BCUT2D eigenvalue weighted by atomic mass is 16.6. The first-order valence-electron chi connectivity index (χ1n) is 6.00. The molecule has 0 radical (unpaired) electrons. The van der Waals surface area contributed by atoms with Crippen LogP contribution in [0.25, 0.3) is 0 Å². The largest absolute Gasteiger partial charge is 0.469 e. The summed E-state index contributed by atoms with van der Waals surface area (Å²) in [6, 6.07) is 0. The van der Waals surface area contributed by atoms with Crippen molar-refractivity contribution in [2.24, 2.45) is 0 Å². The molecule has 0 rings (SSSR count). The summed E-state index contributed by atoms with van der Waals surface area (Å²) >= 11 is 0. The lowest BCUT2D eigenvalue weighted by atomic mass is 10.2. The summed E-state index contributed by atoms with van der Waals surface area (Å²) in [5.41, 5.74) is 0. The standard InChI is InChI=1S/C12H22O5/c1-3-4-5-6-12(14)17-10-9-16-8-7-11(13)15-2/h3-10H2,1-2H3. The third-order valence-electron chi connectivity index (χ3n) is 2.15. The average Bonchev–Trinajstić information content (AvgIpc) is 2.33. The van der Waals surface area contributed by atoms with Gasteiger partial charge >= 0.3 is 11.9 Å². The molecule has 0 fully saturated rings.